The zero-order chi connectivity index (χ0) is 12.0. The summed E-state index contributed by atoms with van der Waals surface area (Å²) in [5.41, 5.74) is 3.24. The second-order valence-corrected chi connectivity index (χ2v) is 4.63. The number of aryl methyl sites for hydroxylation is 3. The Morgan fingerprint density at radius 2 is 1.69 bits per heavy atom. The van der Waals surface area contributed by atoms with Gasteiger partial charge in [-0.2, -0.15) is 0 Å². The molecule has 1 aromatic carbocycles. The molecule has 0 aromatic heterocycles. The van der Waals surface area contributed by atoms with E-state index in [1.54, 1.807) is 0 Å². The molecule has 1 N–H and O–H groups in total. The molecule has 1 aromatic rings. The topological polar surface area (TPSA) is 29.5 Å². The minimum absolute atomic E-state index is 0.536. The van der Waals surface area contributed by atoms with Crippen LogP contribution in [-0.4, -0.2) is 16.7 Å². The molecule has 0 aliphatic heterocycles. The van der Waals surface area contributed by atoms with E-state index in [0.717, 1.165) is 35.3 Å². The molecule has 2 nitrogen and oxygen atoms in total. The summed E-state index contributed by atoms with van der Waals surface area (Å²) in [4.78, 5) is 8.91. The Morgan fingerprint density at radius 1 is 1.19 bits per heavy atom. The van der Waals surface area contributed by atoms with Crippen molar-refractivity contribution in [3.63, 3.8) is 0 Å². The molecule has 1 unspecified atom stereocenters. The molecule has 1 rings (SSSR count). The second-order valence-electron chi connectivity index (χ2n) is 3.48. The fraction of sp³-hybridized carbons (Fsp3) is 0.455. The SMILES string of the molecule is Cc1cc(CCCl)c(OPO)c(CCCl)c1. The molecule has 90 valence electrons. The Morgan fingerprint density at radius 3 is 2.06 bits per heavy atom. The molecule has 0 bridgehead atoms. The molecule has 5 heteroatoms. The second kappa shape index (κ2) is 7.34. The van der Waals surface area contributed by atoms with Gasteiger partial charge in [-0.15, -0.1) is 23.2 Å². The van der Waals surface area contributed by atoms with Gasteiger partial charge in [0.25, 0.3) is 0 Å². The summed E-state index contributed by atoms with van der Waals surface area (Å²) >= 11 is 11.5. The van der Waals surface area contributed by atoms with Crippen molar-refractivity contribution in [1.82, 2.24) is 0 Å². The minimum atomic E-state index is -0.553. The number of halogens is 2. The number of benzene rings is 1. The third kappa shape index (κ3) is 3.78. The molecule has 16 heavy (non-hydrogen) atoms. The number of rotatable bonds is 6. The smallest absolute Gasteiger partial charge is 0.212 e. The molecule has 0 heterocycles. The van der Waals surface area contributed by atoms with Crippen molar-refractivity contribution >= 4 is 32.2 Å². The summed E-state index contributed by atoms with van der Waals surface area (Å²) in [5, 5.41) is 0. The third-order valence-corrected chi connectivity index (χ3v) is 2.94. The van der Waals surface area contributed by atoms with Gasteiger partial charge in [-0.05, 0) is 30.9 Å². The standard InChI is InChI=1S/C11H15Cl2O2P/c1-8-6-9(2-4-12)11(15-16-14)10(7-8)3-5-13/h6-7,14,16H,2-5H2,1H3. The Hall–Kier alpha value is -0.0100. The quantitative estimate of drug-likeness (QED) is 0.639. The molecule has 0 saturated heterocycles. The van der Waals surface area contributed by atoms with Gasteiger partial charge >= 0.3 is 0 Å². The number of hydrogen-bond donors (Lipinski definition) is 1. The Bertz CT molecular complexity index is 318. The summed E-state index contributed by atoms with van der Waals surface area (Å²) < 4.78 is 5.29. The largest absolute Gasteiger partial charge is 0.449 e. The van der Waals surface area contributed by atoms with E-state index in [1.165, 1.54) is 0 Å². The van der Waals surface area contributed by atoms with Gasteiger partial charge in [0.1, 0.15) is 5.75 Å². The van der Waals surface area contributed by atoms with Crippen molar-refractivity contribution in [3.8, 4) is 5.75 Å². The van der Waals surface area contributed by atoms with Crippen LogP contribution >= 0.6 is 32.2 Å². The van der Waals surface area contributed by atoms with Crippen LogP contribution < -0.4 is 4.52 Å². The first kappa shape index (κ1) is 14.1. The van der Waals surface area contributed by atoms with Crippen LogP contribution in [0.4, 0.5) is 0 Å². The van der Waals surface area contributed by atoms with Crippen molar-refractivity contribution in [1.29, 1.82) is 0 Å². The van der Waals surface area contributed by atoms with Gasteiger partial charge in [0.15, 0.2) is 0 Å². The molecule has 0 saturated carbocycles. The summed E-state index contributed by atoms with van der Waals surface area (Å²) in [7, 11) is -0.553. The van der Waals surface area contributed by atoms with E-state index in [2.05, 4.69) is 0 Å². The maximum absolute atomic E-state index is 8.91. The molecule has 0 fully saturated rings. The van der Waals surface area contributed by atoms with Crippen molar-refractivity contribution in [2.24, 2.45) is 0 Å². The van der Waals surface area contributed by atoms with Gasteiger partial charge in [0.05, 0.1) is 0 Å². The monoisotopic (exact) mass is 280 g/mol. The molecular weight excluding hydrogens is 266 g/mol. The highest BCUT2D eigenvalue weighted by atomic mass is 35.5. The highest BCUT2D eigenvalue weighted by Crippen LogP contribution is 2.31. The highest BCUT2D eigenvalue weighted by molar-refractivity contribution is 7.25. The van der Waals surface area contributed by atoms with E-state index >= 15 is 0 Å². The van der Waals surface area contributed by atoms with Gasteiger partial charge < -0.3 is 9.42 Å². The van der Waals surface area contributed by atoms with Crippen LogP contribution in [0.2, 0.25) is 0 Å². The molecule has 1 atom stereocenters. The van der Waals surface area contributed by atoms with Crippen LogP contribution in [0.1, 0.15) is 16.7 Å². The molecule has 0 aliphatic rings. The Kier molecular flexibility index (Phi) is 6.45. The molecular formula is C11H15Cl2O2P. The van der Waals surface area contributed by atoms with Crippen LogP contribution in [-0.2, 0) is 12.8 Å². The average molecular weight is 281 g/mol. The van der Waals surface area contributed by atoms with Crippen molar-refractivity contribution in [3.05, 3.63) is 28.8 Å². The summed E-state index contributed by atoms with van der Waals surface area (Å²) in [5.74, 6) is 1.82. The summed E-state index contributed by atoms with van der Waals surface area (Å²) in [6.07, 6.45) is 1.47. The van der Waals surface area contributed by atoms with Gasteiger partial charge in [-0.25, -0.2) is 0 Å². The summed E-state index contributed by atoms with van der Waals surface area (Å²) in [6, 6.07) is 4.07. The van der Waals surface area contributed by atoms with Crippen LogP contribution in [0.3, 0.4) is 0 Å². The van der Waals surface area contributed by atoms with Crippen molar-refractivity contribution in [2.75, 3.05) is 11.8 Å². The minimum Gasteiger partial charge on any atom is -0.449 e. The number of alkyl halides is 2. The van der Waals surface area contributed by atoms with Gasteiger partial charge in [-0.3, -0.25) is 0 Å². The van der Waals surface area contributed by atoms with Crippen molar-refractivity contribution < 1.29 is 9.42 Å². The van der Waals surface area contributed by atoms with Gasteiger partial charge in [0, 0.05) is 11.8 Å². The predicted molar refractivity (Wildman–Crippen MR) is 71.2 cm³/mol. The zero-order valence-electron chi connectivity index (χ0n) is 9.09. The zero-order valence-corrected chi connectivity index (χ0v) is 11.6. The fourth-order valence-electron chi connectivity index (χ4n) is 1.68. The van der Waals surface area contributed by atoms with E-state index < -0.39 is 9.03 Å². The van der Waals surface area contributed by atoms with Crippen LogP contribution in [0, 0.1) is 6.92 Å². The van der Waals surface area contributed by atoms with Crippen LogP contribution in [0.15, 0.2) is 12.1 Å². The maximum Gasteiger partial charge on any atom is 0.212 e. The average Bonchev–Trinajstić information content (AvgIpc) is 2.24. The maximum atomic E-state index is 8.91. The first-order valence-corrected chi connectivity index (χ1v) is 6.95. The third-order valence-electron chi connectivity index (χ3n) is 2.26. The lowest BCUT2D eigenvalue weighted by Gasteiger charge is -2.14. The van der Waals surface area contributed by atoms with E-state index in [1.807, 2.05) is 19.1 Å². The van der Waals surface area contributed by atoms with Crippen LogP contribution in [0.25, 0.3) is 0 Å². The normalized spacial score (nSPS) is 11.2. The lowest BCUT2D eigenvalue weighted by Crippen LogP contribution is -1.99. The lowest BCUT2D eigenvalue weighted by atomic mass is 10.0. The Balaban J connectivity index is 3.12. The van der Waals surface area contributed by atoms with E-state index in [4.69, 9.17) is 32.6 Å². The van der Waals surface area contributed by atoms with Gasteiger partial charge in [-0.1, -0.05) is 17.7 Å². The Labute approximate surface area is 108 Å². The van der Waals surface area contributed by atoms with E-state index in [-0.39, 0.29) is 0 Å². The van der Waals surface area contributed by atoms with Gasteiger partial charge in [0.2, 0.25) is 9.03 Å². The highest BCUT2D eigenvalue weighted by Gasteiger charge is 2.10. The molecule has 0 aliphatic carbocycles. The lowest BCUT2D eigenvalue weighted by molar-refractivity contribution is 0.506. The van der Waals surface area contributed by atoms with Crippen LogP contribution in [0.5, 0.6) is 5.75 Å². The van der Waals surface area contributed by atoms with E-state index in [0.29, 0.717) is 11.8 Å². The van der Waals surface area contributed by atoms with E-state index in [9.17, 15) is 0 Å². The fourth-order valence-corrected chi connectivity index (χ4v) is 2.44. The summed E-state index contributed by atoms with van der Waals surface area (Å²) in [6.45, 7) is 2.03. The first-order chi connectivity index (χ1) is 7.72. The molecule has 0 radical (unpaired) electrons. The molecule has 0 spiro atoms. The predicted octanol–water partition coefficient (Wildman–Crippen LogP) is 3.44. The van der Waals surface area contributed by atoms with Crippen molar-refractivity contribution in [2.45, 2.75) is 19.8 Å². The number of hydrogen-bond acceptors (Lipinski definition) is 2. The first-order valence-electron chi connectivity index (χ1n) is 5.03. The molecule has 0 amide bonds.